The lowest BCUT2D eigenvalue weighted by molar-refractivity contribution is 0.193. The van der Waals surface area contributed by atoms with Crippen molar-refractivity contribution in [2.75, 3.05) is 13.2 Å². The second kappa shape index (κ2) is 4.16. The summed E-state index contributed by atoms with van der Waals surface area (Å²) in [6.45, 7) is 3.06. The quantitative estimate of drug-likeness (QED) is 0.802. The second-order valence-electron chi connectivity index (χ2n) is 4.08. The SMILES string of the molecule is Cc1ccc(S(=O)(=O)O)c(C2CCOC2)c1. The molecule has 0 aromatic heterocycles. The zero-order valence-electron chi connectivity index (χ0n) is 9.01. The molecule has 5 heteroatoms. The third kappa shape index (κ3) is 2.26. The Balaban J connectivity index is 2.52. The summed E-state index contributed by atoms with van der Waals surface area (Å²) in [5.74, 6) is 0.0665. The largest absolute Gasteiger partial charge is 0.381 e. The molecule has 1 aliphatic heterocycles. The van der Waals surface area contributed by atoms with Crippen LogP contribution < -0.4 is 0 Å². The van der Waals surface area contributed by atoms with Crippen LogP contribution in [0.15, 0.2) is 23.1 Å². The van der Waals surface area contributed by atoms with E-state index in [0.29, 0.717) is 18.8 Å². The molecule has 88 valence electrons. The van der Waals surface area contributed by atoms with Crippen molar-refractivity contribution in [1.29, 1.82) is 0 Å². The fourth-order valence-corrected chi connectivity index (χ4v) is 2.77. The van der Waals surface area contributed by atoms with E-state index in [1.165, 1.54) is 6.07 Å². The fourth-order valence-electron chi connectivity index (χ4n) is 2.00. The summed E-state index contributed by atoms with van der Waals surface area (Å²) in [5.41, 5.74) is 1.65. The lowest BCUT2D eigenvalue weighted by atomic mass is 9.97. The van der Waals surface area contributed by atoms with Gasteiger partial charge in [0.1, 0.15) is 0 Å². The highest BCUT2D eigenvalue weighted by molar-refractivity contribution is 7.85. The minimum absolute atomic E-state index is 0.00796. The molecule has 0 bridgehead atoms. The normalized spacial score (nSPS) is 21.2. The Morgan fingerprint density at radius 3 is 2.75 bits per heavy atom. The minimum Gasteiger partial charge on any atom is -0.381 e. The number of ether oxygens (including phenoxy) is 1. The zero-order chi connectivity index (χ0) is 11.8. The van der Waals surface area contributed by atoms with Gasteiger partial charge in [0.2, 0.25) is 0 Å². The van der Waals surface area contributed by atoms with Crippen LogP contribution in [-0.4, -0.2) is 26.2 Å². The van der Waals surface area contributed by atoms with Crippen LogP contribution in [0.1, 0.15) is 23.5 Å². The van der Waals surface area contributed by atoms with E-state index in [1.54, 1.807) is 6.07 Å². The molecule has 1 saturated heterocycles. The van der Waals surface area contributed by atoms with Crippen LogP contribution in [0.3, 0.4) is 0 Å². The molecule has 0 radical (unpaired) electrons. The number of hydrogen-bond donors (Lipinski definition) is 1. The molecule has 0 saturated carbocycles. The lowest BCUT2D eigenvalue weighted by Gasteiger charge is -2.13. The summed E-state index contributed by atoms with van der Waals surface area (Å²) in [4.78, 5) is 0.00796. The van der Waals surface area contributed by atoms with Crippen molar-refractivity contribution < 1.29 is 17.7 Å². The van der Waals surface area contributed by atoms with Crippen LogP contribution in [-0.2, 0) is 14.9 Å². The van der Waals surface area contributed by atoms with E-state index in [4.69, 9.17) is 9.29 Å². The predicted molar refractivity (Wildman–Crippen MR) is 59.2 cm³/mol. The monoisotopic (exact) mass is 242 g/mol. The van der Waals surface area contributed by atoms with Crippen LogP contribution in [0.2, 0.25) is 0 Å². The molecule has 2 rings (SSSR count). The number of aryl methyl sites for hydroxylation is 1. The van der Waals surface area contributed by atoms with Crippen molar-refractivity contribution in [2.45, 2.75) is 24.2 Å². The molecule has 0 aliphatic carbocycles. The molecule has 1 atom stereocenters. The van der Waals surface area contributed by atoms with Gasteiger partial charge in [-0.15, -0.1) is 0 Å². The highest BCUT2D eigenvalue weighted by Gasteiger charge is 2.25. The Morgan fingerprint density at radius 2 is 2.19 bits per heavy atom. The van der Waals surface area contributed by atoms with Crippen molar-refractivity contribution in [2.24, 2.45) is 0 Å². The molecule has 1 N–H and O–H groups in total. The van der Waals surface area contributed by atoms with Crippen molar-refractivity contribution in [3.63, 3.8) is 0 Å². The first kappa shape index (κ1) is 11.6. The third-order valence-corrected chi connectivity index (χ3v) is 3.74. The van der Waals surface area contributed by atoms with Gasteiger partial charge in [-0.05, 0) is 25.0 Å². The van der Waals surface area contributed by atoms with Gasteiger partial charge in [-0.25, -0.2) is 0 Å². The third-order valence-electron chi connectivity index (χ3n) is 2.81. The topological polar surface area (TPSA) is 63.6 Å². The molecule has 1 aromatic carbocycles. The average molecular weight is 242 g/mol. The van der Waals surface area contributed by atoms with Gasteiger partial charge in [0.25, 0.3) is 10.1 Å². The van der Waals surface area contributed by atoms with Gasteiger partial charge < -0.3 is 4.74 Å². The van der Waals surface area contributed by atoms with Crippen LogP contribution in [0.4, 0.5) is 0 Å². The molecule has 4 nitrogen and oxygen atoms in total. The molecule has 0 spiro atoms. The van der Waals surface area contributed by atoms with Gasteiger partial charge in [0, 0.05) is 12.5 Å². The predicted octanol–water partition coefficient (Wildman–Crippen LogP) is 1.75. The molecular formula is C11H14O4S. The molecule has 1 aromatic rings. The summed E-state index contributed by atoms with van der Waals surface area (Å²) >= 11 is 0. The van der Waals surface area contributed by atoms with Gasteiger partial charge >= 0.3 is 0 Å². The average Bonchev–Trinajstić information content (AvgIpc) is 2.68. The second-order valence-corrected chi connectivity index (χ2v) is 5.47. The molecule has 1 heterocycles. The maximum Gasteiger partial charge on any atom is 0.294 e. The summed E-state index contributed by atoms with van der Waals surface area (Å²) < 4.78 is 36.9. The number of rotatable bonds is 2. The summed E-state index contributed by atoms with van der Waals surface area (Å²) in [6.07, 6.45) is 0.798. The molecule has 1 fully saturated rings. The fraction of sp³-hybridized carbons (Fsp3) is 0.455. The van der Waals surface area contributed by atoms with Crippen LogP contribution in [0, 0.1) is 6.92 Å². The maximum atomic E-state index is 11.2. The van der Waals surface area contributed by atoms with Gasteiger partial charge in [0.15, 0.2) is 0 Å². The summed E-state index contributed by atoms with van der Waals surface area (Å²) in [5, 5.41) is 0. The van der Waals surface area contributed by atoms with Crippen LogP contribution >= 0.6 is 0 Å². The molecule has 1 aliphatic rings. The Hall–Kier alpha value is -0.910. The standard InChI is InChI=1S/C11H14O4S/c1-8-2-3-11(16(12,13)14)10(6-8)9-4-5-15-7-9/h2-3,6,9H,4-5,7H2,1H3,(H,12,13,14). The van der Waals surface area contributed by atoms with E-state index in [0.717, 1.165) is 12.0 Å². The van der Waals surface area contributed by atoms with Crippen molar-refractivity contribution in [1.82, 2.24) is 0 Å². The van der Waals surface area contributed by atoms with Gasteiger partial charge in [-0.2, -0.15) is 8.42 Å². The first-order valence-corrected chi connectivity index (χ1v) is 6.58. The van der Waals surface area contributed by atoms with Crippen molar-refractivity contribution >= 4 is 10.1 Å². The van der Waals surface area contributed by atoms with E-state index in [1.807, 2.05) is 13.0 Å². The number of hydrogen-bond acceptors (Lipinski definition) is 3. The highest BCUT2D eigenvalue weighted by Crippen LogP contribution is 2.31. The van der Waals surface area contributed by atoms with Gasteiger partial charge in [-0.1, -0.05) is 17.7 Å². The Labute approximate surface area is 95.0 Å². The Morgan fingerprint density at radius 1 is 1.44 bits per heavy atom. The zero-order valence-corrected chi connectivity index (χ0v) is 9.83. The van der Waals surface area contributed by atoms with Crippen LogP contribution in [0.25, 0.3) is 0 Å². The summed E-state index contributed by atoms with van der Waals surface area (Å²) in [6, 6.07) is 4.95. The van der Waals surface area contributed by atoms with Crippen molar-refractivity contribution in [3.8, 4) is 0 Å². The van der Waals surface area contributed by atoms with E-state index >= 15 is 0 Å². The first-order valence-electron chi connectivity index (χ1n) is 5.14. The van der Waals surface area contributed by atoms with Gasteiger partial charge in [0.05, 0.1) is 11.5 Å². The van der Waals surface area contributed by atoms with E-state index in [-0.39, 0.29) is 10.8 Å². The van der Waals surface area contributed by atoms with Gasteiger partial charge in [-0.3, -0.25) is 4.55 Å². The Kier molecular flexibility index (Phi) is 3.01. The first-order chi connectivity index (χ1) is 7.48. The van der Waals surface area contributed by atoms with Crippen LogP contribution in [0.5, 0.6) is 0 Å². The molecule has 0 amide bonds. The van der Waals surface area contributed by atoms with E-state index < -0.39 is 10.1 Å². The maximum absolute atomic E-state index is 11.2. The van der Waals surface area contributed by atoms with E-state index in [2.05, 4.69) is 0 Å². The molecular weight excluding hydrogens is 228 g/mol. The molecule has 16 heavy (non-hydrogen) atoms. The van der Waals surface area contributed by atoms with Crippen molar-refractivity contribution in [3.05, 3.63) is 29.3 Å². The molecule has 1 unspecified atom stereocenters. The smallest absolute Gasteiger partial charge is 0.294 e. The number of benzene rings is 1. The Bertz CT molecular complexity index is 487. The lowest BCUT2D eigenvalue weighted by Crippen LogP contribution is -2.08. The van der Waals surface area contributed by atoms with E-state index in [9.17, 15) is 8.42 Å². The highest BCUT2D eigenvalue weighted by atomic mass is 32.2. The summed E-state index contributed by atoms with van der Waals surface area (Å²) in [7, 11) is -4.14. The minimum atomic E-state index is -4.14.